The van der Waals surface area contributed by atoms with Gasteiger partial charge >= 0.3 is 5.97 Å². The molecule has 6 nitrogen and oxygen atoms in total. The van der Waals surface area contributed by atoms with Crippen molar-refractivity contribution in [1.82, 2.24) is 4.90 Å². The molecule has 1 aromatic carbocycles. The van der Waals surface area contributed by atoms with Crippen molar-refractivity contribution in [2.45, 2.75) is 32.3 Å². The van der Waals surface area contributed by atoms with Crippen LogP contribution in [0.15, 0.2) is 29.8 Å². The lowest BCUT2D eigenvalue weighted by Gasteiger charge is -2.27. The Labute approximate surface area is 154 Å². The number of benzene rings is 1. The molecule has 2 heterocycles. The second kappa shape index (κ2) is 6.35. The number of amides is 1. The molecule has 1 aromatic rings. The van der Waals surface area contributed by atoms with E-state index in [2.05, 4.69) is 0 Å². The normalized spacial score (nSPS) is 23.3. The molecule has 2 aliphatic heterocycles. The van der Waals surface area contributed by atoms with E-state index in [0.717, 1.165) is 0 Å². The maximum atomic E-state index is 13.0. The van der Waals surface area contributed by atoms with Crippen molar-refractivity contribution in [3.05, 3.63) is 45.5 Å². The predicted octanol–water partition coefficient (Wildman–Crippen LogP) is 3.16. The van der Waals surface area contributed by atoms with Crippen molar-refractivity contribution in [3.63, 3.8) is 0 Å². The van der Waals surface area contributed by atoms with Crippen LogP contribution in [0.3, 0.4) is 0 Å². The third-order valence-corrected chi connectivity index (χ3v) is 4.77. The van der Waals surface area contributed by atoms with Gasteiger partial charge < -0.3 is 9.47 Å². The van der Waals surface area contributed by atoms with E-state index in [1.165, 1.54) is 18.7 Å². The highest BCUT2D eigenvalue weighted by Crippen LogP contribution is 2.46. The molecule has 0 saturated carbocycles. The summed E-state index contributed by atoms with van der Waals surface area (Å²) in [7, 11) is 0. The van der Waals surface area contributed by atoms with E-state index in [0.29, 0.717) is 19.4 Å². The fraction of sp³-hybridized carbons (Fsp3) is 0.353. The third-order valence-electron chi connectivity index (χ3n) is 4.14. The number of halogens is 2. The molecule has 0 spiro atoms. The number of likely N-dealkylation sites (tertiary alicyclic amines) is 1. The van der Waals surface area contributed by atoms with E-state index in [4.69, 9.17) is 32.7 Å². The highest BCUT2D eigenvalue weighted by Gasteiger charge is 2.53. The minimum atomic E-state index is -1.60. The molecular weight excluding hydrogens is 369 g/mol. The number of esters is 1. The number of ketones is 1. The van der Waals surface area contributed by atoms with Crippen molar-refractivity contribution < 1.29 is 23.9 Å². The predicted molar refractivity (Wildman–Crippen MR) is 89.6 cm³/mol. The largest absolute Gasteiger partial charge is 0.456 e. The number of hydrogen-bond donors (Lipinski definition) is 0. The monoisotopic (exact) mass is 383 g/mol. The van der Waals surface area contributed by atoms with E-state index in [1.807, 2.05) is 0 Å². The van der Waals surface area contributed by atoms with Crippen LogP contribution < -0.4 is 0 Å². The first-order valence-corrected chi connectivity index (χ1v) is 8.42. The first-order valence-electron chi connectivity index (χ1n) is 7.67. The van der Waals surface area contributed by atoms with Crippen molar-refractivity contribution in [1.29, 1.82) is 0 Å². The van der Waals surface area contributed by atoms with Crippen LogP contribution in [0, 0.1) is 0 Å². The molecular formula is C17H15Cl2NO5. The van der Waals surface area contributed by atoms with Gasteiger partial charge in [-0.15, -0.1) is 0 Å². The van der Waals surface area contributed by atoms with Crippen LogP contribution in [0.25, 0.3) is 0 Å². The maximum absolute atomic E-state index is 13.0. The highest BCUT2D eigenvalue weighted by molar-refractivity contribution is 6.36. The highest BCUT2D eigenvalue weighted by atomic mass is 35.5. The quantitative estimate of drug-likeness (QED) is 0.749. The van der Waals surface area contributed by atoms with Crippen LogP contribution in [-0.4, -0.2) is 29.1 Å². The topological polar surface area (TPSA) is 72.9 Å². The summed E-state index contributed by atoms with van der Waals surface area (Å²) in [5.41, 5.74) is -1.34. The number of Topliss-reactive ketones (excluding diaryl/α,β-unsaturated/α-hetero) is 1. The number of ether oxygens (including phenoxy) is 2. The molecule has 1 atom stereocenters. The van der Waals surface area contributed by atoms with Gasteiger partial charge in [-0.05, 0) is 25.5 Å². The number of nitrogens with zero attached hydrogens (tertiary/aromatic N) is 1. The molecule has 25 heavy (non-hydrogen) atoms. The van der Waals surface area contributed by atoms with E-state index in [1.54, 1.807) is 18.2 Å². The zero-order valence-corrected chi connectivity index (χ0v) is 15.1. The summed E-state index contributed by atoms with van der Waals surface area (Å²) in [6.45, 7) is 3.03. The number of rotatable bonds is 3. The fourth-order valence-corrected chi connectivity index (χ4v) is 3.75. The van der Waals surface area contributed by atoms with Gasteiger partial charge in [-0.2, -0.15) is 0 Å². The Morgan fingerprint density at radius 2 is 1.92 bits per heavy atom. The first kappa shape index (κ1) is 17.8. The standard InChI is InChI=1S/C17H15Cl2NO5/c1-9(21)24-14-15(23)17(2,13-10(18)5-3-6-11(13)19)25-16(14)20-8-4-7-12(20)22/h3,5-6H,4,7-8H2,1-2H3. The lowest BCUT2D eigenvalue weighted by molar-refractivity contribution is -0.142. The van der Waals surface area contributed by atoms with Gasteiger partial charge in [0.25, 0.3) is 5.78 Å². The van der Waals surface area contributed by atoms with Gasteiger partial charge in [0.2, 0.25) is 23.2 Å². The molecule has 1 unspecified atom stereocenters. The molecule has 1 amide bonds. The number of hydrogen-bond acceptors (Lipinski definition) is 5. The van der Waals surface area contributed by atoms with Gasteiger partial charge in [-0.25, -0.2) is 0 Å². The van der Waals surface area contributed by atoms with Gasteiger partial charge in [0.1, 0.15) is 0 Å². The Hall–Kier alpha value is -2.05. The number of carbonyl (C=O) groups excluding carboxylic acids is 3. The summed E-state index contributed by atoms with van der Waals surface area (Å²) in [5, 5.41) is 0.471. The Kier molecular flexibility index (Phi) is 4.51. The summed E-state index contributed by atoms with van der Waals surface area (Å²) in [6.07, 6.45) is 0.953. The summed E-state index contributed by atoms with van der Waals surface area (Å²) in [5.74, 6) is -1.89. The zero-order chi connectivity index (χ0) is 18.4. The second-order valence-electron chi connectivity index (χ2n) is 5.94. The SMILES string of the molecule is CC(=O)OC1=C(N2CCCC2=O)OC(C)(c2c(Cl)cccc2Cl)C1=O. The molecule has 0 bridgehead atoms. The van der Waals surface area contributed by atoms with Crippen molar-refractivity contribution in [2.24, 2.45) is 0 Å². The average Bonchev–Trinajstić information content (AvgIpc) is 3.04. The van der Waals surface area contributed by atoms with Gasteiger partial charge in [0.15, 0.2) is 0 Å². The fourth-order valence-electron chi connectivity index (χ4n) is 2.99. The molecule has 0 aliphatic carbocycles. The van der Waals surface area contributed by atoms with Crippen LogP contribution in [0.2, 0.25) is 10.0 Å². The Morgan fingerprint density at radius 1 is 1.28 bits per heavy atom. The molecule has 8 heteroatoms. The van der Waals surface area contributed by atoms with Gasteiger partial charge in [-0.3, -0.25) is 19.3 Å². The summed E-state index contributed by atoms with van der Waals surface area (Å²) in [4.78, 5) is 37.9. The summed E-state index contributed by atoms with van der Waals surface area (Å²) < 4.78 is 10.9. The van der Waals surface area contributed by atoms with E-state index in [9.17, 15) is 14.4 Å². The Balaban J connectivity index is 2.11. The molecule has 3 rings (SSSR count). The van der Waals surface area contributed by atoms with E-state index in [-0.39, 0.29) is 33.2 Å². The molecule has 2 aliphatic rings. The van der Waals surface area contributed by atoms with Crippen LogP contribution in [-0.2, 0) is 29.5 Å². The van der Waals surface area contributed by atoms with Gasteiger partial charge in [0.05, 0.1) is 0 Å². The van der Waals surface area contributed by atoms with Crippen LogP contribution in [0.4, 0.5) is 0 Å². The molecule has 132 valence electrons. The number of carbonyl (C=O) groups is 3. The van der Waals surface area contributed by atoms with Crippen LogP contribution in [0.5, 0.6) is 0 Å². The lowest BCUT2D eigenvalue weighted by Crippen LogP contribution is -2.33. The summed E-state index contributed by atoms with van der Waals surface area (Å²) in [6, 6.07) is 4.80. The van der Waals surface area contributed by atoms with Crippen LogP contribution in [0.1, 0.15) is 32.3 Å². The van der Waals surface area contributed by atoms with E-state index < -0.39 is 17.4 Å². The van der Waals surface area contributed by atoms with Crippen LogP contribution >= 0.6 is 23.2 Å². The Morgan fingerprint density at radius 3 is 2.44 bits per heavy atom. The van der Waals surface area contributed by atoms with Crippen molar-refractivity contribution in [2.75, 3.05) is 6.54 Å². The molecule has 0 aromatic heterocycles. The smallest absolute Gasteiger partial charge is 0.308 e. The average molecular weight is 384 g/mol. The van der Waals surface area contributed by atoms with Gasteiger partial charge in [-0.1, -0.05) is 29.3 Å². The minimum Gasteiger partial charge on any atom is -0.456 e. The molecule has 0 radical (unpaired) electrons. The Bertz CT molecular complexity index is 799. The third kappa shape index (κ3) is 2.89. The molecule has 0 N–H and O–H groups in total. The lowest BCUT2D eigenvalue weighted by atomic mass is 9.91. The van der Waals surface area contributed by atoms with Crippen molar-refractivity contribution in [3.8, 4) is 0 Å². The minimum absolute atomic E-state index is 0.0683. The first-order chi connectivity index (χ1) is 11.8. The van der Waals surface area contributed by atoms with E-state index >= 15 is 0 Å². The van der Waals surface area contributed by atoms with Gasteiger partial charge in [0, 0.05) is 35.5 Å². The molecule has 1 fully saturated rings. The summed E-state index contributed by atoms with van der Waals surface area (Å²) >= 11 is 12.5. The zero-order valence-electron chi connectivity index (χ0n) is 13.6. The maximum Gasteiger partial charge on any atom is 0.308 e. The van der Waals surface area contributed by atoms with Crippen molar-refractivity contribution >= 4 is 40.9 Å². The second-order valence-corrected chi connectivity index (χ2v) is 6.75. The molecule has 1 saturated heterocycles.